The van der Waals surface area contributed by atoms with E-state index in [2.05, 4.69) is 21.9 Å². The average molecular weight is 438 g/mol. The number of imidazole rings is 2. The van der Waals surface area contributed by atoms with Crippen molar-refractivity contribution in [3.8, 4) is 0 Å². The maximum Gasteiger partial charge on any atom is 0.334 e. The molecule has 0 unspecified atom stereocenters. The predicted molar refractivity (Wildman–Crippen MR) is 132 cm³/mol. The van der Waals surface area contributed by atoms with Crippen molar-refractivity contribution in [2.75, 3.05) is 11.9 Å². The average Bonchev–Trinajstić information content (AvgIpc) is 3.33. The molecule has 0 atom stereocenters. The van der Waals surface area contributed by atoms with E-state index >= 15 is 0 Å². The number of hydrogen-bond donors (Lipinski definition) is 2. The Hall–Kier alpha value is -3.25. The zero-order valence-electron chi connectivity index (χ0n) is 18.4. The number of aromatic nitrogens is 4. The smallest absolute Gasteiger partial charge is 0.334 e. The maximum atomic E-state index is 13.0. The molecule has 4 rings (SSSR count). The van der Waals surface area contributed by atoms with Gasteiger partial charge in [-0.1, -0.05) is 44.2 Å². The van der Waals surface area contributed by atoms with Crippen LogP contribution in [0.25, 0.3) is 28.4 Å². The summed E-state index contributed by atoms with van der Waals surface area (Å²) >= 11 is 6.06. The van der Waals surface area contributed by atoms with Gasteiger partial charge in [0, 0.05) is 18.1 Å². The number of fused-ring (bicyclic) bond motifs is 2. The summed E-state index contributed by atoms with van der Waals surface area (Å²) in [5.74, 6) is 1.59. The van der Waals surface area contributed by atoms with Crippen LogP contribution in [0.2, 0.25) is 5.02 Å². The minimum Gasteiger partial charge on any atom is -0.366 e. The van der Waals surface area contributed by atoms with E-state index in [9.17, 15) is 4.79 Å². The Morgan fingerprint density at radius 2 is 2.10 bits per heavy atom. The number of halogens is 1. The third kappa shape index (κ3) is 4.30. The molecule has 1 aliphatic rings. The van der Waals surface area contributed by atoms with Crippen LogP contribution in [0, 0.1) is 0 Å². The first kappa shape index (κ1) is 22.4. The summed E-state index contributed by atoms with van der Waals surface area (Å²) < 4.78 is 3.41. The lowest BCUT2D eigenvalue weighted by Gasteiger charge is -2.12. The molecule has 0 fully saturated rings. The molecule has 2 aromatic heterocycles. The number of aromatic amines is 1. The molecule has 0 spiro atoms. The summed E-state index contributed by atoms with van der Waals surface area (Å²) in [6.45, 7) is 13.1. The number of rotatable bonds is 5. The Morgan fingerprint density at radius 1 is 1.32 bits per heavy atom. The summed E-state index contributed by atoms with van der Waals surface area (Å²) in [7, 11) is 0. The fourth-order valence-electron chi connectivity index (χ4n) is 3.46. The summed E-state index contributed by atoms with van der Waals surface area (Å²) in [6.07, 6.45) is 9.47. The lowest BCUT2D eigenvalue weighted by molar-refractivity contribution is 0.721. The van der Waals surface area contributed by atoms with Gasteiger partial charge >= 0.3 is 5.69 Å². The highest BCUT2D eigenvalue weighted by molar-refractivity contribution is 6.31. The van der Waals surface area contributed by atoms with Crippen LogP contribution in [0.5, 0.6) is 0 Å². The highest BCUT2D eigenvalue weighted by Gasteiger charge is 2.20. The van der Waals surface area contributed by atoms with Crippen LogP contribution in [0.3, 0.4) is 0 Å². The molecule has 0 saturated heterocycles. The van der Waals surface area contributed by atoms with Crippen LogP contribution in [0.15, 0.2) is 53.9 Å². The van der Waals surface area contributed by atoms with Crippen molar-refractivity contribution < 1.29 is 0 Å². The largest absolute Gasteiger partial charge is 0.366 e. The summed E-state index contributed by atoms with van der Waals surface area (Å²) in [4.78, 5) is 20.8. The van der Waals surface area contributed by atoms with Gasteiger partial charge in [-0.3, -0.25) is 9.13 Å². The molecule has 0 aliphatic carbocycles. The molecule has 7 heteroatoms. The highest BCUT2D eigenvalue weighted by Crippen LogP contribution is 2.24. The van der Waals surface area contributed by atoms with E-state index in [4.69, 9.17) is 11.6 Å². The van der Waals surface area contributed by atoms with Gasteiger partial charge in [0.25, 0.3) is 0 Å². The highest BCUT2D eigenvalue weighted by atomic mass is 35.5. The molecule has 31 heavy (non-hydrogen) atoms. The molecule has 162 valence electrons. The zero-order chi connectivity index (χ0) is 22.5. The Balaban J connectivity index is 0.00000132. The molecule has 1 aliphatic heterocycles. The number of anilines is 1. The lowest BCUT2D eigenvalue weighted by atomic mass is 10.2. The molecular weight excluding hydrogens is 410 g/mol. The van der Waals surface area contributed by atoms with Gasteiger partial charge in [0.05, 0.1) is 22.4 Å². The van der Waals surface area contributed by atoms with Crippen molar-refractivity contribution in [2.24, 2.45) is 0 Å². The number of nitrogens with zero attached hydrogens (tertiary/aromatic N) is 3. The molecule has 6 nitrogen and oxygen atoms in total. The molecule has 0 amide bonds. The molecule has 3 aromatic rings. The fraction of sp³-hybridized carbons (Fsp3) is 0.250. The van der Waals surface area contributed by atoms with Gasteiger partial charge in [-0.25, -0.2) is 9.78 Å². The van der Waals surface area contributed by atoms with Gasteiger partial charge in [-0.05, 0) is 55.8 Å². The molecule has 3 heterocycles. The van der Waals surface area contributed by atoms with E-state index in [1.54, 1.807) is 15.2 Å². The number of hydrogen-bond acceptors (Lipinski definition) is 3. The van der Waals surface area contributed by atoms with E-state index in [0.29, 0.717) is 23.8 Å². The number of H-pyrrole nitrogens is 1. The van der Waals surface area contributed by atoms with Crippen molar-refractivity contribution in [1.29, 1.82) is 0 Å². The molecule has 0 radical (unpaired) electrons. The van der Waals surface area contributed by atoms with E-state index in [-0.39, 0.29) is 5.69 Å². The maximum absolute atomic E-state index is 13.0. The fourth-order valence-corrected chi connectivity index (χ4v) is 3.64. The third-order valence-corrected chi connectivity index (χ3v) is 5.18. The van der Waals surface area contributed by atoms with Gasteiger partial charge in [-0.2, -0.15) is 0 Å². The quantitative estimate of drug-likeness (QED) is 0.496. The first-order valence-electron chi connectivity index (χ1n) is 10.5. The molecule has 0 bridgehead atoms. The van der Waals surface area contributed by atoms with Gasteiger partial charge in [0.2, 0.25) is 0 Å². The van der Waals surface area contributed by atoms with E-state index in [1.165, 1.54) is 0 Å². The Bertz CT molecular complexity index is 1250. The first-order valence-corrected chi connectivity index (χ1v) is 10.8. The van der Waals surface area contributed by atoms with Gasteiger partial charge < -0.3 is 10.3 Å². The van der Waals surface area contributed by atoms with E-state index < -0.39 is 0 Å². The van der Waals surface area contributed by atoms with Crippen molar-refractivity contribution in [3.05, 3.63) is 76.1 Å². The minimum absolute atomic E-state index is 0.0906. The van der Waals surface area contributed by atoms with Gasteiger partial charge in [-0.15, -0.1) is 0 Å². The molecule has 2 N–H and O–H groups in total. The second-order valence-electron chi connectivity index (χ2n) is 6.77. The summed E-state index contributed by atoms with van der Waals surface area (Å²) in [6, 6.07) is 5.55. The Morgan fingerprint density at radius 3 is 2.81 bits per heavy atom. The minimum atomic E-state index is -0.0906. The number of nitrogens with one attached hydrogen (secondary N) is 2. The van der Waals surface area contributed by atoms with Crippen molar-refractivity contribution in [1.82, 2.24) is 19.1 Å². The lowest BCUT2D eigenvalue weighted by Crippen LogP contribution is -2.23. The van der Waals surface area contributed by atoms with Crippen LogP contribution in [0.1, 0.15) is 39.2 Å². The van der Waals surface area contributed by atoms with Crippen molar-refractivity contribution >= 4 is 45.8 Å². The van der Waals surface area contributed by atoms with Crippen LogP contribution in [-0.2, 0) is 6.54 Å². The Kier molecular flexibility index (Phi) is 7.02. The summed E-state index contributed by atoms with van der Waals surface area (Å²) in [5.41, 5.74) is 4.11. The zero-order valence-corrected chi connectivity index (χ0v) is 19.1. The van der Waals surface area contributed by atoms with Crippen LogP contribution < -0.4 is 11.0 Å². The van der Waals surface area contributed by atoms with Crippen LogP contribution in [0.4, 0.5) is 5.82 Å². The second kappa shape index (κ2) is 9.71. The predicted octanol–water partition coefficient (Wildman–Crippen LogP) is 5.79. The van der Waals surface area contributed by atoms with Gasteiger partial charge in [0.15, 0.2) is 0 Å². The summed E-state index contributed by atoms with van der Waals surface area (Å²) in [5, 5.41) is 3.95. The van der Waals surface area contributed by atoms with E-state index in [0.717, 1.165) is 33.9 Å². The first-order chi connectivity index (χ1) is 15.0. The van der Waals surface area contributed by atoms with E-state index in [1.807, 2.05) is 70.2 Å². The molecule has 0 saturated carbocycles. The van der Waals surface area contributed by atoms with Crippen molar-refractivity contribution in [3.63, 3.8) is 0 Å². The number of benzene rings is 1. The Labute approximate surface area is 187 Å². The third-order valence-electron chi connectivity index (χ3n) is 4.94. The van der Waals surface area contributed by atoms with Gasteiger partial charge in [0.1, 0.15) is 11.6 Å². The molecule has 1 aromatic carbocycles. The topological polar surface area (TPSA) is 67.6 Å². The second-order valence-corrected chi connectivity index (χ2v) is 7.21. The van der Waals surface area contributed by atoms with Crippen LogP contribution in [-0.4, -0.2) is 25.6 Å². The SMILES string of the molecule is C=C/C(=C\C=C(/C)c1nc2ccc(Cl)cc2[nH]1)n1c2c(n(CC)c1=O)NCC=C2.CC. The van der Waals surface area contributed by atoms with Crippen molar-refractivity contribution in [2.45, 2.75) is 34.2 Å². The number of allylic oxidation sites excluding steroid dienone is 5. The molecular formula is C24H28ClN5O. The standard InChI is InChI=1S/C22H22ClN5O.C2H6/c1-4-16(28-19-7-6-12-24-21(19)27(5-2)22(28)29)10-8-14(3)20-25-17-11-9-15(23)13-18(17)26-20;1-2/h4,6-11,13,24H,1,5,12H2,2-3H3,(H,25,26);1-2H3/b14-8+,16-10+;. The van der Waals surface area contributed by atoms with Crippen LogP contribution >= 0.6 is 11.6 Å². The normalized spacial score (nSPS) is 13.5. The monoisotopic (exact) mass is 437 g/mol.